The molecule has 0 aliphatic carbocycles. The van der Waals surface area contributed by atoms with Crippen molar-refractivity contribution in [1.29, 1.82) is 0 Å². The topological polar surface area (TPSA) is 67.2 Å². The molecule has 0 bridgehead atoms. The SMILES string of the molecule is CC(CCO)CNC(=O)c1ccn(-c2ccc(Cl)cc2Cl)n1. The first-order chi connectivity index (χ1) is 10.5. The second-order valence-corrected chi connectivity index (χ2v) is 5.91. The summed E-state index contributed by atoms with van der Waals surface area (Å²) < 4.78 is 1.53. The third-order valence-corrected chi connectivity index (χ3v) is 3.75. The molecule has 0 fully saturated rings. The maximum atomic E-state index is 12.0. The molecule has 2 aromatic rings. The number of carbonyl (C=O) groups is 1. The molecule has 118 valence electrons. The van der Waals surface area contributed by atoms with E-state index in [4.69, 9.17) is 28.3 Å². The van der Waals surface area contributed by atoms with Crippen LogP contribution in [0.4, 0.5) is 0 Å². The Morgan fingerprint density at radius 2 is 2.18 bits per heavy atom. The van der Waals surface area contributed by atoms with Crippen LogP contribution in [-0.4, -0.2) is 33.9 Å². The van der Waals surface area contributed by atoms with E-state index in [0.717, 1.165) is 0 Å². The van der Waals surface area contributed by atoms with Crippen molar-refractivity contribution >= 4 is 29.1 Å². The largest absolute Gasteiger partial charge is 0.396 e. The second kappa shape index (κ2) is 7.63. The summed E-state index contributed by atoms with van der Waals surface area (Å²) in [5.74, 6) is -0.0460. The van der Waals surface area contributed by atoms with E-state index >= 15 is 0 Å². The fraction of sp³-hybridized carbons (Fsp3) is 0.333. The van der Waals surface area contributed by atoms with Crippen LogP contribution < -0.4 is 5.32 Å². The number of amides is 1. The highest BCUT2D eigenvalue weighted by Gasteiger charge is 2.12. The Kier molecular flexibility index (Phi) is 5.83. The fourth-order valence-corrected chi connectivity index (χ4v) is 2.42. The minimum Gasteiger partial charge on any atom is -0.396 e. The zero-order valence-electron chi connectivity index (χ0n) is 12.1. The highest BCUT2D eigenvalue weighted by Crippen LogP contribution is 2.23. The summed E-state index contributed by atoms with van der Waals surface area (Å²) >= 11 is 12.0. The standard InChI is InChI=1S/C15H17Cl2N3O2/c1-10(5-7-21)9-18-15(22)13-4-6-20(19-13)14-3-2-11(16)8-12(14)17/h2-4,6,8,10,21H,5,7,9H2,1H3,(H,18,22). The number of hydrogen-bond acceptors (Lipinski definition) is 3. The van der Waals surface area contributed by atoms with Gasteiger partial charge in [0, 0.05) is 24.4 Å². The first kappa shape index (κ1) is 16.8. The van der Waals surface area contributed by atoms with E-state index in [0.29, 0.717) is 34.4 Å². The number of aromatic nitrogens is 2. The molecule has 2 N–H and O–H groups in total. The minimum atomic E-state index is -0.256. The Balaban J connectivity index is 2.06. The zero-order chi connectivity index (χ0) is 16.1. The normalized spacial score (nSPS) is 12.2. The van der Waals surface area contributed by atoms with Crippen molar-refractivity contribution in [1.82, 2.24) is 15.1 Å². The lowest BCUT2D eigenvalue weighted by Crippen LogP contribution is -2.29. The summed E-state index contributed by atoms with van der Waals surface area (Å²) in [4.78, 5) is 12.0. The molecular formula is C15H17Cl2N3O2. The van der Waals surface area contributed by atoms with E-state index in [1.54, 1.807) is 30.5 Å². The molecular weight excluding hydrogens is 325 g/mol. The summed E-state index contributed by atoms with van der Waals surface area (Å²) in [5, 5.41) is 16.9. The first-order valence-electron chi connectivity index (χ1n) is 6.91. The van der Waals surface area contributed by atoms with Gasteiger partial charge in [0.1, 0.15) is 0 Å². The van der Waals surface area contributed by atoms with Crippen molar-refractivity contribution in [2.45, 2.75) is 13.3 Å². The smallest absolute Gasteiger partial charge is 0.271 e. The Hall–Kier alpha value is -1.56. The van der Waals surface area contributed by atoms with Crippen LogP contribution >= 0.6 is 23.2 Å². The predicted molar refractivity (Wildman–Crippen MR) is 86.8 cm³/mol. The quantitative estimate of drug-likeness (QED) is 0.848. The van der Waals surface area contributed by atoms with Gasteiger partial charge in [-0.25, -0.2) is 4.68 Å². The number of aliphatic hydroxyl groups is 1. The number of halogens is 2. The van der Waals surface area contributed by atoms with Gasteiger partial charge in [0.25, 0.3) is 5.91 Å². The van der Waals surface area contributed by atoms with Crippen LogP contribution in [0, 0.1) is 5.92 Å². The van der Waals surface area contributed by atoms with E-state index < -0.39 is 0 Å². The zero-order valence-corrected chi connectivity index (χ0v) is 13.6. The van der Waals surface area contributed by atoms with Crippen LogP contribution in [0.25, 0.3) is 5.69 Å². The first-order valence-corrected chi connectivity index (χ1v) is 7.67. The summed E-state index contributed by atoms with van der Waals surface area (Å²) in [6, 6.07) is 6.69. The lowest BCUT2D eigenvalue weighted by molar-refractivity contribution is 0.0940. The molecule has 22 heavy (non-hydrogen) atoms. The van der Waals surface area contributed by atoms with Crippen molar-refractivity contribution < 1.29 is 9.90 Å². The molecule has 7 heteroatoms. The molecule has 0 saturated heterocycles. The lowest BCUT2D eigenvalue weighted by Gasteiger charge is -2.10. The van der Waals surface area contributed by atoms with Gasteiger partial charge in [-0.2, -0.15) is 5.10 Å². The van der Waals surface area contributed by atoms with E-state index in [2.05, 4.69) is 10.4 Å². The molecule has 1 amide bonds. The monoisotopic (exact) mass is 341 g/mol. The molecule has 2 rings (SSSR count). The molecule has 0 spiro atoms. The summed E-state index contributed by atoms with van der Waals surface area (Å²) in [5.41, 5.74) is 0.959. The van der Waals surface area contributed by atoms with Crippen molar-refractivity contribution in [3.63, 3.8) is 0 Å². The molecule has 1 unspecified atom stereocenters. The number of rotatable bonds is 6. The molecule has 1 aromatic carbocycles. The molecule has 5 nitrogen and oxygen atoms in total. The lowest BCUT2D eigenvalue weighted by atomic mass is 10.1. The number of nitrogens with one attached hydrogen (secondary N) is 1. The summed E-state index contributed by atoms with van der Waals surface area (Å²) in [6.07, 6.45) is 2.32. The van der Waals surface area contributed by atoms with Crippen LogP contribution in [0.15, 0.2) is 30.5 Å². The molecule has 1 heterocycles. The van der Waals surface area contributed by atoms with Gasteiger partial charge in [0.05, 0.1) is 10.7 Å². The second-order valence-electron chi connectivity index (χ2n) is 5.07. The third-order valence-electron chi connectivity index (χ3n) is 3.21. The average Bonchev–Trinajstić information content (AvgIpc) is 2.94. The molecule has 0 radical (unpaired) electrons. The van der Waals surface area contributed by atoms with Crippen molar-refractivity contribution in [3.8, 4) is 5.69 Å². The Morgan fingerprint density at radius 3 is 2.86 bits per heavy atom. The van der Waals surface area contributed by atoms with E-state index in [-0.39, 0.29) is 18.4 Å². The maximum Gasteiger partial charge on any atom is 0.271 e. The molecule has 0 aliphatic heterocycles. The van der Waals surface area contributed by atoms with Gasteiger partial charge in [0.15, 0.2) is 5.69 Å². The van der Waals surface area contributed by atoms with Gasteiger partial charge < -0.3 is 10.4 Å². The van der Waals surface area contributed by atoms with Crippen LogP contribution in [0.5, 0.6) is 0 Å². The van der Waals surface area contributed by atoms with E-state index in [1.165, 1.54) is 4.68 Å². The number of aliphatic hydroxyl groups excluding tert-OH is 1. The molecule has 0 aliphatic rings. The van der Waals surface area contributed by atoms with Crippen LogP contribution in [-0.2, 0) is 0 Å². The Labute approximate surface area is 138 Å². The fourth-order valence-electron chi connectivity index (χ4n) is 1.93. The minimum absolute atomic E-state index is 0.112. The Morgan fingerprint density at radius 1 is 1.41 bits per heavy atom. The van der Waals surface area contributed by atoms with Gasteiger partial charge in [0.2, 0.25) is 0 Å². The van der Waals surface area contributed by atoms with Crippen LogP contribution in [0.1, 0.15) is 23.8 Å². The van der Waals surface area contributed by atoms with Crippen molar-refractivity contribution in [2.75, 3.05) is 13.2 Å². The predicted octanol–water partition coefficient (Wildman–Crippen LogP) is 2.93. The maximum absolute atomic E-state index is 12.0. The number of carbonyl (C=O) groups excluding carboxylic acids is 1. The van der Waals surface area contributed by atoms with Gasteiger partial charge in [-0.15, -0.1) is 0 Å². The summed E-state index contributed by atoms with van der Waals surface area (Å²) in [6.45, 7) is 2.57. The highest BCUT2D eigenvalue weighted by molar-refractivity contribution is 6.35. The Bertz CT molecular complexity index is 658. The van der Waals surface area contributed by atoms with Gasteiger partial charge in [-0.1, -0.05) is 30.1 Å². The van der Waals surface area contributed by atoms with Gasteiger partial charge >= 0.3 is 0 Å². The van der Waals surface area contributed by atoms with Crippen molar-refractivity contribution in [3.05, 3.63) is 46.2 Å². The third kappa shape index (κ3) is 4.22. The molecule has 0 saturated carbocycles. The highest BCUT2D eigenvalue weighted by atomic mass is 35.5. The van der Waals surface area contributed by atoms with Crippen molar-refractivity contribution in [2.24, 2.45) is 5.92 Å². The number of benzene rings is 1. The van der Waals surface area contributed by atoms with Gasteiger partial charge in [-0.3, -0.25) is 4.79 Å². The van der Waals surface area contributed by atoms with Crippen LogP contribution in [0.2, 0.25) is 10.0 Å². The van der Waals surface area contributed by atoms with Gasteiger partial charge in [-0.05, 0) is 36.6 Å². The number of nitrogens with zero attached hydrogens (tertiary/aromatic N) is 2. The molecule has 1 atom stereocenters. The van der Waals surface area contributed by atoms with E-state index in [9.17, 15) is 4.79 Å². The average molecular weight is 342 g/mol. The number of hydrogen-bond donors (Lipinski definition) is 2. The van der Waals surface area contributed by atoms with Crippen LogP contribution in [0.3, 0.4) is 0 Å². The van der Waals surface area contributed by atoms with E-state index in [1.807, 2.05) is 6.92 Å². The molecule has 1 aromatic heterocycles. The summed E-state index contributed by atoms with van der Waals surface area (Å²) in [7, 11) is 0.